The molecule has 5 nitrogen and oxygen atoms in total. The van der Waals surface area contributed by atoms with Crippen LogP contribution in [-0.4, -0.2) is 47.6 Å². The van der Waals surface area contributed by atoms with E-state index in [2.05, 4.69) is 14.9 Å². The van der Waals surface area contributed by atoms with Crippen LogP contribution in [0.5, 0.6) is 11.6 Å². The molecule has 0 atom stereocenters. The lowest BCUT2D eigenvalue weighted by atomic mass is 10.2. The van der Waals surface area contributed by atoms with Crippen LogP contribution in [0.3, 0.4) is 0 Å². The van der Waals surface area contributed by atoms with Crippen LogP contribution in [0.2, 0.25) is 0 Å². The van der Waals surface area contributed by atoms with E-state index in [1.165, 1.54) is 0 Å². The highest BCUT2D eigenvalue weighted by Gasteiger charge is 2.30. The molecule has 3 rings (SSSR count). The lowest BCUT2D eigenvalue weighted by Crippen LogP contribution is -2.55. The molecule has 0 aliphatic carbocycles. The van der Waals surface area contributed by atoms with Crippen molar-refractivity contribution in [1.29, 1.82) is 0 Å². The van der Waals surface area contributed by atoms with Gasteiger partial charge in [0, 0.05) is 6.07 Å². The lowest BCUT2D eigenvalue weighted by molar-refractivity contribution is 0.0700. The number of pyridine rings is 1. The van der Waals surface area contributed by atoms with Gasteiger partial charge in [0.2, 0.25) is 5.88 Å². The molecule has 120 valence electrons. The van der Waals surface area contributed by atoms with Crippen molar-refractivity contribution in [3.63, 3.8) is 0 Å². The summed E-state index contributed by atoms with van der Waals surface area (Å²) in [6.45, 7) is 1.69. The molecule has 6 heteroatoms. The minimum absolute atomic E-state index is 0.212. The van der Waals surface area contributed by atoms with Gasteiger partial charge in [-0.15, -0.1) is 0 Å². The first-order chi connectivity index (χ1) is 11.3. The third-order valence-electron chi connectivity index (χ3n) is 3.50. The second-order valence-corrected chi connectivity index (χ2v) is 5.89. The summed E-state index contributed by atoms with van der Waals surface area (Å²) < 4.78 is 11.0. The van der Waals surface area contributed by atoms with Crippen molar-refractivity contribution in [2.24, 2.45) is 4.99 Å². The highest BCUT2D eigenvalue weighted by molar-refractivity contribution is 8.13. The van der Waals surface area contributed by atoms with E-state index in [1.807, 2.05) is 48.7 Å². The zero-order valence-corrected chi connectivity index (χ0v) is 14.0. The standard InChI is InChI=1S/C17H19N3O2S/c1-21-16-9-8-13(10-18-16)19-17(23-2)20-11-15(12-20)22-14-6-4-3-5-7-14/h3-10,15H,11-12H2,1-2H3/b19-17-. The zero-order chi connectivity index (χ0) is 16.1. The molecule has 23 heavy (non-hydrogen) atoms. The molecule has 1 saturated heterocycles. The van der Waals surface area contributed by atoms with Crippen LogP contribution < -0.4 is 9.47 Å². The number of benzene rings is 1. The average Bonchev–Trinajstić information content (AvgIpc) is 2.57. The minimum atomic E-state index is 0.212. The van der Waals surface area contributed by atoms with E-state index in [0.29, 0.717) is 5.88 Å². The molecule has 0 unspecified atom stereocenters. The van der Waals surface area contributed by atoms with E-state index in [9.17, 15) is 0 Å². The van der Waals surface area contributed by atoms with Gasteiger partial charge in [0.05, 0.1) is 32.1 Å². The number of ether oxygens (including phenoxy) is 2. The molecule has 0 bridgehead atoms. The summed E-state index contributed by atoms with van der Waals surface area (Å²) in [7, 11) is 1.60. The van der Waals surface area contributed by atoms with E-state index in [-0.39, 0.29) is 6.10 Å². The molecule has 1 fully saturated rings. The second-order valence-electron chi connectivity index (χ2n) is 5.12. The third kappa shape index (κ3) is 3.96. The number of thioether (sulfide) groups is 1. The first kappa shape index (κ1) is 15.7. The van der Waals surface area contributed by atoms with Gasteiger partial charge in [-0.25, -0.2) is 9.98 Å². The molecule has 2 heterocycles. The quantitative estimate of drug-likeness (QED) is 0.637. The van der Waals surface area contributed by atoms with Crippen LogP contribution in [0.4, 0.5) is 5.69 Å². The Morgan fingerprint density at radius 1 is 1.22 bits per heavy atom. The van der Waals surface area contributed by atoms with Crippen LogP contribution >= 0.6 is 11.8 Å². The molecule has 1 aromatic carbocycles. The fraction of sp³-hybridized carbons (Fsp3) is 0.294. The summed E-state index contributed by atoms with van der Waals surface area (Å²) in [5.74, 6) is 1.51. The number of rotatable bonds is 4. The fourth-order valence-electron chi connectivity index (χ4n) is 2.28. The van der Waals surface area contributed by atoms with Gasteiger partial charge >= 0.3 is 0 Å². The highest BCUT2D eigenvalue weighted by atomic mass is 32.2. The lowest BCUT2D eigenvalue weighted by Gasteiger charge is -2.40. The number of aliphatic imine (C=N–C) groups is 1. The Labute approximate surface area is 140 Å². The Kier molecular flexibility index (Phi) is 5.02. The van der Waals surface area contributed by atoms with E-state index in [4.69, 9.17) is 9.47 Å². The van der Waals surface area contributed by atoms with E-state index >= 15 is 0 Å². The molecule has 1 aliphatic rings. The Balaban J connectivity index is 1.58. The Morgan fingerprint density at radius 2 is 2.00 bits per heavy atom. The maximum Gasteiger partial charge on any atom is 0.213 e. The second kappa shape index (κ2) is 7.37. The van der Waals surface area contributed by atoms with Crippen LogP contribution in [-0.2, 0) is 0 Å². The van der Waals surface area contributed by atoms with Gasteiger partial charge in [0.15, 0.2) is 5.17 Å². The summed E-state index contributed by atoms with van der Waals surface area (Å²) in [6, 6.07) is 13.6. The monoisotopic (exact) mass is 329 g/mol. The molecular weight excluding hydrogens is 310 g/mol. The smallest absolute Gasteiger partial charge is 0.213 e. The van der Waals surface area contributed by atoms with Crippen LogP contribution in [0, 0.1) is 0 Å². The molecule has 0 saturated carbocycles. The molecule has 0 amide bonds. The Morgan fingerprint density at radius 3 is 2.61 bits per heavy atom. The van der Waals surface area contributed by atoms with Crippen molar-refractivity contribution >= 4 is 22.6 Å². The molecule has 1 aliphatic heterocycles. The van der Waals surface area contributed by atoms with Crippen LogP contribution in [0.1, 0.15) is 0 Å². The number of para-hydroxylation sites is 1. The van der Waals surface area contributed by atoms with Gasteiger partial charge in [0.25, 0.3) is 0 Å². The normalized spacial score (nSPS) is 15.2. The zero-order valence-electron chi connectivity index (χ0n) is 13.2. The van der Waals surface area contributed by atoms with Crippen molar-refractivity contribution in [3.05, 3.63) is 48.7 Å². The summed E-state index contributed by atoms with van der Waals surface area (Å²) >= 11 is 1.63. The van der Waals surface area contributed by atoms with E-state index in [1.54, 1.807) is 25.1 Å². The predicted octanol–water partition coefficient (Wildman–Crippen LogP) is 3.20. The average molecular weight is 329 g/mol. The van der Waals surface area contributed by atoms with Crippen LogP contribution in [0.15, 0.2) is 53.7 Å². The first-order valence-corrected chi connectivity index (χ1v) is 8.60. The van der Waals surface area contributed by atoms with Gasteiger partial charge in [0.1, 0.15) is 11.9 Å². The van der Waals surface area contributed by atoms with Gasteiger partial charge < -0.3 is 14.4 Å². The largest absolute Gasteiger partial charge is 0.487 e. The molecule has 0 spiro atoms. The first-order valence-electron chi connectivity index (χ1n) is 7.38. The molecular formula is C17H19N3O2S. The number of aromatic nitrogens is 1. The van der Waals surface area contributed by atoms with Gasteiger partial charge in [-0.2, -0.15) is 0 Å². The summed E-state index contributed by atoms with van der Waals surface area (Å²) in [5, 5.41) is 0.977. The number of amidine groups is 1. The Hall–Kier alpha value is -2.21. The fourth-order valence-corrected chi connectivity index (χ4v) is 2.88. The van der Waals surface area contributed by atoms with Crippen molar-refractivity contribution in [2.75, 3.05) is 26.5 Å². The van der Waals surface area contributed by atoms with E-state index < -0.39 is 0 Å². The summed E-state index contributed by atoms with van der Waals surface area (Å²) in [6.07, 6.45) is 3.96. The van der Waals surface area contributed by atoms with Crippen LogP contribution in [0.25, 0.3) is 0 Å². The molecule has 0 radical (unpaired) electrons. The maximum atomic E-state index is 5.92. The SMILES string of the molecule is COc1ccc(/N=C(\SC)N2CC(Oc3ccccc3)C2)cn1. The minimum Gasteiger partial charge on any atom is -0.487 e. The molecule has 2 aromatic rings. The highest BCUT2D eigenvalue weighted by Crippen LogP contribution is 2.23. The number of nitrogens with zero attached hydrogens (tertiary/aromatic N) is 3. The van der Waals surface area contributed by atoms with Crippen molar-refractivity contribution in [2.45, 2.75) is 6.10 Å². The Bertz CT molecular complexity index is 655. The van der Waals surface area contributed by atoms with Crippen molar-refractivity contribution in [3.8, 4) is 11.6 Å². The maximum absolute atomic E-state index is 5.92. The topological polar surface area (TPSA) is 47.0 Å². The van der Waals surface area contributed by atoms with E-state index in [0.717, 1.165) is 29.7 Å². The summed E-state index contributed by atoms with van der Waals surface area (Å²) in [4.78, 5) is 11.0. The van der Waals surface area contributed by atoms with Gasteiger partial charge in [-0.1, -0.05) is 30.0 Å². The number of likely N-dealkylation sites (tertiary alicyclic amines) is 1. The number of hydrogen-bond donors (Lipinski definition) is 0. The molecule has 1 aromatic heterocycles. The number of hydrogen-bond acceptors (Lipinski definition) is 5. The molecule has 0 N–H and O–H groups in total. The van der Waals surface area contributed by atoms with Gasteiger partial charge in [-0.3, -0.25) is 0 Å². The predicted molar refractivity (Wildman–Crippen MR) is 93.8 cm³/mol. The van der Waals surface area contributed by atoms with Crippen molar-refractivity contribution in [1.82, 2.24) is 9.88 Å². The van der Waals surface area contributed by atoms with Gasteiger partial charge in [-0.05, 0) is 24.5 Å². The number of methoxy groups -OCH3 is 1. The summed E-state index contributed by atoms with van der Waals surface area (Å²) in [5.41, 5.74) is 0.822. The third-order valence-corrected chi connectivity index (χ3v) is 4.22. The van der Waals surface area contributed by atoms with Crippen molar-refractivity contribution < 1.29 is 9.47 Å².